The Hall–Kier alpha value is -3.00. The van der Waals surface area contributed by atoms with E-state index in [1.165, 1.54) is 28.5 Å². The van der Waals surface area contributed by atoms with Crippen molar-refractivity contribution in [3.8, 4) is 11.3 Å². The minimum absolute atomic E-state index is 0.0389. The highest BCUT2D eigenvalue weighted by Crippen LogP contribution is 2.37. The van der Waals surface area contributed by atoms with E-state index in [0.29, 0.717) is 24.4 Å². The second-order valence-electron chi connectivity index (χ2n) is 15.0. The van der Waals surface area contributed by atoms with E-state index in [0.717, 1.165) is 17.0 Å². The van der Waals surface area contributed by atoms with Crippen molar-refractivity contribution >= 4 is 39.4 Å². The summed E-state index contributed by atoms with van der Waals surface area (Å²) in [5.41, 5.74) is 0.976. The lowest BCUT2D eigenvalue weighted by atomic mass is 10.1. The number of hydrogen-bond acceptors (Lipinski definition) is 7. The van der Waals surface area contributed by atoms with Gasteiger partial charge in [0, 0.05) is 26.3 Å². The molecule has 0 bridgehead atoms. The van der Waals surface area contributed by atoms with Gasteiger partial charge in [-0.3, -0.25) is 9.36 Å². The number of hydrogen-bond donors (Lipinski definition) is 0. The predicted octanol–water partition coefficient (Wildman–Crippen LogP) is 7.87. The molecular weight excluding hydrogens is 593 g/mol. The number of carbonyl (C=O) groups excluding carboxylic acids is 2. The third-order valence-corrected chi connectivity index (χ3v) is 14.0. The van der Waals surface area contributed by atoms with Crippen LogP contribution in [0.4, 0.5) is 4.79 Å². The SMILES string of the molecule is COC(=O)c1cc(-c2cc3cc(CO[Si](C)(C)C(C)(C)C)ccc3n2C(=O)OC(C)(C)C)c(=O)n(COCC[Si](C)(C)C)c1. The summed E-state index contributed by atoms with van der Waals surface area (Å²) in [5, 5.41) is 0.802. The molecule has 0 aliphatic carbocycles. The molecule has 0 saturated heterocycles. The Morgan fingerprint density at radius 1 is 0.932 bits per heavy atom. The van der Waals surface area contributed by atoms with Crippen LogP contribution in [0.1, 0.15) is 57.5 Å². The van der Waals surface area contributed by atoms with E-state index < -0.39 is 39.6 Å². The molecule has 0 unspecified atom stereocenters. The molecule has 0 atom stereocenters. The number of carbonyl (C=O) groups is 2. The second kappa shape index (κ2) is 13.2. The van der Waals surface area contributed by atoms with Gasteiger partial charge < -0.3 is 18.6 Å². The van der Waals surface area contributed by atoms with Crippen LogP contribution in [-0.4, -0.2) is 56.9 Å². The van der Waals surface area contributed by atoms with Crippen LogP contribution in [0.15, 0.2) is 41.3 Å². The molecule has 44 heavy (non-hydrogen) atoms. The lowest BCUT2D eigenvalue weighted by molar-refractivity contribution is 0.0545. The van der Waals surface area contributed by atoms with E-state index in [-0.39, 0.29) is 22.9 Å². The number of aromatic nitrogens is 2. The molecule has 2 aromatic heterocycles. The molecule has 0 amide bonds. The summed E-state index contributed by atoms with van der Waals surface area (Å²) < 4.78 is 25.8. The lowest BCUT2D eigenvalue weighted by Gasteiger charge is -2.36. The molecule has 2 heterocycles. The normalized spacial score (nSPS) is 12.9. The summed E-state index contributed by atoms with van der Waals surface area (Å²) in [7, 11) is -2.05. The summed E-state index contributed by atoms with van der Waals surface area (Å²) in [6.07, 6.45) is 0.803. The van der Waals surface area contributed by atoms with Crippen LogP contribution in [-0.2, 0) is 32.0 Å². The second-order valence-corrected chi connectivity index (χ2v) is 25.5. The number of pyridine rings is 1. The quantitative estimate of drug-likeness (QED) is 0.126. The van der Waals surface area contributed by atoms with Crippen LogP contribution in [0.2, 0.25) is 43.8 Å². The average Bonchev–Trinajstić information content (AvgIpc) is 3.27. The molecule has 0 radical (unpaired) electrons. The molecule has 1 aromatic carbocycles. The maximum Gasteiger partial charge on any atom is 0.419 e. The zero-order chi connectivity index (χ0) is 33.3. The first-order chi connectivity index (χ1) is 20.1. The Morgan fingerprint density at radius 3 is 2.16 bits per heavy atom. The number of esters is 1. The number of benzene rings is 1. The van der Waals surface area contributed by atoms with Gasteiger partial charge >= 0.3 is 12.1 Å². The van der Waals surface area contributed by atoms with E-state index in [1.807, 2.05) is 18.2 Å². The van der Waals surface area contributed by atoms with Crippen LogP contribution in [0.5, 0.6) is 0 Å². The Balaban J connectivity index is 2.17. The molecule has 0 aliphatic rings. The Morgan fingerprint density at radius 2 is 1.59 bits per heavy atom. The summed E-state index contributed by atoms with van der Waals surface area (Å²) >= 11 is 0. The number of ether oxygens (including phenoxy) is 3. The predicted molar refractivity (Wildman–Crippen MR) is 181 cm³/mol. The van der Waals surface area contributed by atoms with Crippen LogP contribution in [0.3, 0.4) is 0 Å². The Labute approximate surface area is 263 Å². The van der Waals surface area contributed by atoms with Crippen molar-refractivity contribution in [2.75, 3.05) is 13.7 Å². The number of fused-ring (bicyclic) bond motifs is 1. The molecule has 0 fully saturated rings. The van der Waals surface area contributed by atoms with Crippen molar-refractivity contribution < 1.29 is 28.2 Å². The molecule has 0 N–H and O–H groups in total. The summed E-state index contributed by atoms with van der Waals surface area (Å²) in [5.74, 6) is -0.605. The van der Waals surface area contributed by atoms with Crippen molar-refractivity contribution in [2.45, 2.75) is 104 Å². The standard InChI is InChI=1S/C33H50N2O7Si2/c1-32(2,3)42-31(38)35-27-14-13-23(21-41-44(11,12)33(4,5)6)17-24(27)19-28(35)26-18-25(30(37)39-7)20-34(29(26)36)22-40-15-16-43(8,9)10/h13-14,17-20H,15-16,21-22H2,1-12H3. The van der Waals surface area contributed by atoms with Gasteiger partial charge in [-0.05, 0) is 74.8 Å². The molecule has 0 aliphatic heterocycles. The van der Waals surface area contributed by atoms with E-state index in [9.17, 15) is 14.4 Å². The Bertz CT molecular complexity index is 1570. The first kappa shape index (κ1) is 35.5. The van der Waals surface area contributed by atoms with Crippen molar-refractivity contribution in [1.82, 2.24) is 9.13 Å². The van der Waals surface area contributed by atoms with E-state index in [2.05, 4.69) is 53.5 Å². The number of methoxy groups -OCH3 is 1. The lowest BCUT2D eigenvalue weighted by Crippen LogP contribution is -2.40. The van der Waals surface area contributed by atoms with Gasteiger partial charge in [-0.1, -0.05) is 46.5 Å². The number of nitrogens with zero attached hydrogens (tertiary/aromatic N) is 2. The van der Waals surface area contributed by atoms with Gasteiger partial charge in [0.2, 0.25) is 0 Å². The summed E-state index contributed by atoms with van der Waals surface area (Å²) in [6, 6.07) is 9.91. The van der Waals surface area contributed by atoms with Crippen LogP contribution < -0.4 is 5.56 Å². The van der Waals surface area contributed by atoms with E-state index in [4.69, 9.17) is 18.6 Å². The first-order valence-corrected chi connectivity index (χ1v) is 21.7. The zero-order valence-electron chi connectivity index (χ0n) is 28.5. The minimum Gasteiger partial charge on any atom is -0.465 e. The fourth-order valence-electron chi connectivity index (χ4n) is 4.22. The van der Waals surface area contributed by atoms with Gasteiger partial charge in [0.15, 0.2) is 8.32 Å². The molecule has 9 nitrogen and oxygen atoms in total. The topological polar surface area (TPSA) is 98.0 Å². The van der Waals surface area contributed by atoms with Crippen molar-refractivity contribution in [3.63, 3.8) is 0 Å². The molecule has 3 rings (SSSR count). The molecule has 0 spiro atoms. The van der Waals surface area contributed by atoms with E-state index in [1.54, 1.807) is 26.8 Å². The fraction of sp³-hybridized carbons (Fsp3) is 0.545. The maximum atomic E-state index is 13.9. The smallest absolute Gasteiger partial charge is 0.419 e. The van der Waals surface area contributed by atoms with Crippen LogP contribution in [0, 0.1) is 0 Å². The molecule has 11 heteroatoms. The molecular formula is C33H50N2O7Si2. The van der Waals surface area contributed by atoms with Crippen molar-refractivity contribution in [2.24, 2.45) is 0 Å². The fourth-order valence-corrected chi connectivity index (χ4v) is 5.94. The van der Waals surface area contributed by atoms with Gasteiger partial charge in [0.25, 0.3) is 5.56 Å². The van der Waals surface area contributed by atoms with Crippen LogP contribution >= 0.6 is 0 Å². The highest BCUT2D eigenvalue weighted by molar-refractivity contribution is 6.76. The minimum atomic E-state index is -1.99. The zero-order valence-corrected chi connectivity index (χ0v) is 30.5. The maximum absolute atomic E-state index is 13.9. The molecule has 3 aromatic rings. The van der Waals surface area contributed by atoms with Gasteiger partial charge in [-0.15, -0.1) is 0 Å². The largest absolute Gasteiger partial charge is 0.465 e. The molecule has 0 saturated carbocycles. The highest BCUT2D eigenvalue weighted by Gasteiger charge is 2.37. The van der Waals surface area contributed by atoms with Gasteiger partial charge in [0.05, 0.1) is 36.1 Å². The molecule has 242 valence electrons. The summed E-state index contributed by atoms with van der Waals surface area (Å²) in [6.45, 7) is 24.0. The van der Waals surface area contributed by atoms with E-state index >= 15 is 0 Å². The third kappa shape index (κ3) is 8.80. The van der Waals surface area contributed by atoms with Crippen molar-refractivity contribution in [3.05, 3.63) is 58.0 Å². The average molecular weight is 643 g/mol. The Kier molecular flexibility index (Phi) is 10.6. The van der Waals surface area contributed by atoms with Gasteiger partial charge in [-0.25, -0.2) is 14.2 Å². The number of rotatable bonds is 10. The highest BCUT2D eigenvalue weighted by atomic mass is 28.4. The monoisotopic (exact) mass is 642 g/mol. The van der Waals surface area contributed by atoms with Gasteiger partial charge in [-0.2, -0.15) is 0 Å². The van der Waals surface area contributed by atoms with Crippen molar-refractivity contribution in [1.29, 1.82) is 0 Å². The first-order valence-electron chi connectivity index (χ1n) is 15.1. The van der Waals surface area contributed by atoms with Crippen LogP contribution in [0.25, 0.3) is 22.2 Å². The third-order valence-electron chi connectivity index (χ3n) is 7.86. The summed E-state index contributed by atoms with van der Waals surface area (Å²) in [4.78, 5) is 40.2. The van der Waals surface area contributed by atoms with Gasteiger partial charge in [0.1, 0.15) is 12.3 Å².